The molecule has 0 saturated carbocycles. The van der Waals surface area contributed by atoms with E-state index in [1.165, 1.54) is 12.1 Å². The third-order valence-electron chi connectivity index (χ3n) is 8.79. The van der Waals surface area contributed by atoms with Gasteiger partial charge in [-0.1, -0.05) is 32.9 Å². The number of hydrogen-bond acceptors (Lipinski definition) is 8. The van der Waals surface area contributed by atoms with Crippen molar-refractivity contribution >= 4 is 22.8 Å². The highest BCUT2D eigenvalue weighted by molar-refractivity contribution is 5.87. The van der Waals surface area contributed by atoms with Crippen molar-refractivity contribution in [1.82, 2.24) is 34.0 Å². The van der Waals surface area contributed by atoms with Crippen LogP contribution in [0.1, 0.15) is 64.4 Å². The lowest BCUT2D eigenvalue weighted by atomic mass is 9.90. The molecule has 2 aliphatic rings. The van der Waals surface area contributed by atoms with E-state index in [1.807, 2.05) is 11.3 Å². The number of piperazine rings is 1. The molecule has 13 heteroatoms. The SMILES string of the molecule is CC[C@@H]1CN(c2nc3nncn3c3c2nc(C)n3C[C@@H]2CCCO2)[C@@H](C)CN1[C@@H](c1ccc(OC(F)(F)F)cc1)C(C)C. The molecular formula is C30H39F3N8O2. The number of rotatable bonds is 8. The molecule has 2 saturated heterocycles. The van der Waals surface area contributed by atoms with E-state index in [-0.39, 0.29) is 35.9 Å². The summed E-state index contributed by atoms with van der Waals surface area (Å²) in [6.45, 7) is 13.7. The van der Waals surface area contributed by atoms with Gasteiger partial charge in [0, 0.05) is 37.8 Å². The Balaban J connectivity index is 1.33. The third kappa shape index (κ3) is 5.76. The molecule has 3 aromatic heterocycles. The van der Waals surface area contributed by atoms with Gasteiger partial charge in [-0.2, -0.15) is 4.98 Å². The van der Waals surface area contributed by atoms with Crippen LogP contribution in [0.5, 0.6) is 5.75 Å². The third-order valence-corrected chi connectivity index (χ3v) is 8.79. The molecule has 6 rings (SSSR count). The number of benzene rings is 1. The zero-order chi connectivity index (χ0) is 30.5. The van der Waals surface area contributed by atoms with Gasteiger partial charge in [-0.05, 0) is 56.7 Å². The van der Waals surface area contributed by atoms with Crippen LogP contribution in [0.15, 0.2) is 30.6 Å². The van der Waals surface area contributed by atoms with Crippen LogP contribution in [0.3, 0.4) is 0 Å². The first-order chi connectivity index (χ1) is 20.5. The van der Waals surface area contributed by atoms with Crippen LogP contribution in [-0.4, -0.2) is 78.3 Å². The maximum Gasteiger partial charge on any atom is 0.573 e. The smallest absolute Gasteiger partial charge is 0.406 e. The van der Waals surface area contributed by atoms with Gasteiger partial charge in [0.05, 0.1) is 12.6 Å². The number of fused-ring (bicyclic) bond motifs is 3. The number of alkyl halides is 3. The van der Waals surface area contributed by atoms with Gasteiger partial charge in [0.25, 0.3) is 5.78 Å². The highest BCUT2D eigenvalue weighted by atomic mass is 19.4. The van der Waals surface area contributed by atoms with Crippen LogP contribution in [0.2, 0.25) is 0 Å². The Bertz CT molecular complexity index is 1560. The fourth-order valence-corrected chi connectivity index (χ4v) is 6.85. The van der Waals surface area contributed by atoms with E-state index >= 15 is 0 Å². The van der Waals surface area contributed by atoms with Gasteiger partial charge in [-0.3, -0.25) is 4.90 Å². The van der Waals surface area contributed by atoms with Crippen molar-refractivity contribution in [2.24, 2.45) is 5.92 Å². The molecule has 0 N–H and O–H groups in total. The lowest BCUT2D eigenvalue weighted by Gasteiger charge is -2.50. The van der Waals surface area contributed by atoms with Gasteiger partial charge < -0.3 is 18.9 Å². The Morgan fingerprint density at radius 1 is 1.12 bits per heavy atom. The van der Waals surface area contributed by atoms with Crippen LogP contribution in [-0.2, 0) is 11.3 Å². The van der Waals surface area contributed by atoms with Crippen molar-refractivity contribution in [3.63, 3.8) is 0 Å². The maximum absolute atomic E-state index is 12.8. The fraction of sp³-hybridized carbons (Fsp3) is 0.600. The number of nitrogens with zero attached hydrogens (tertiary/aromatic N) is 8. The van der Waals surface area contributed by atoms with Crippen molar-refractivity contribution in [3.8, 4) is 5.75 Å². The van der Waals surface area contributed by atoms with Crippen molar-refractivity contribution in [2.45, 2.75) is 91.0 Å². The minimum absolute atomic E-state index is 0.0225. The summed E-state index contributed by atoms with van der Waals surface area (Å²) >= 11 is 0. The standard InChI is InChI=1S/C30H39F3N8O2/c1-6-22-15-38(19(4)14-40(22)26(18(2)3)21-9-11-23(12-10-21)43-30(31,32)33)27-25-28(41-17-34-37-29(41)36-27)39(20(5)35-25)16-24-8-7-13-42-24/h9-12,17-19,22,24,26H,6-8,13-16H2,1-5H3/t19-,22+,24-,26+/m0/s1. The molecular weight excluding hydrogens is 561 g/mol. The van der Waals surface area contributed by atoms with E-state index in [4.69, 9.17) is 14.7 Å². The number of anilines is 1. The van der Waals surface area contributed by atoms with Gasteiger partial charge in [0.15, 0.2) is 11.5 Å². The summed E-state index contributed by atoms with van der Waals surface area (Å²) in [6.07, 6.45) is 0.1000. The van der Waals surface area contributed by atoms with Gasteiger partial charge in [0.2, 0.25) is 0 Å². The van der Waals surface area contributed by atoms with Crippen molar-refractivity contribution < 1.29 is 22.6 Å². The average Bonchev–Trinajstić information content (AvgIpc) is 3.70. The number of imidazole rings is 1. The molecule has 0 amide bonds. The van der Waals surface area contributed by atoms with Gasteiger partial charge in [-0.15, -0.1) is 23.4 Å². The molecule has 1 aromatic carbocycles. The monoisotopic (exact) mass is 600 g/mol. The Labute approximate surface area is 248 Å². The van der Waals surface area contributed by atoms with E-state index in [2.05, 4.69) is 57.0 Å². The number of aromatic nitrogens is 6. The van der Waals surface area contributed by atoms with Gasteiger partial charge in [0.1, 0.15) is 23.4 Å². The molecule has 232 valence electrons. The molecule has 5 heterocycles. The molecule has 2 fully saturated rings. The Morgan fingerprint density at radius 3 is 2.53 bits per heavy atom. The Morgan fingerprint density at radius 2 is 1.88 bits per heavy atom. The van der Waals surface area contributed by atoms with Crippen LogP contribution in [0.4, 0.5) is 19.0 Å². The predicted octanol–water partition coefficient (Wildman–Crippen LogP) is 5.55. The van der Waals surface area contributed by atoms with Gasteiger partial charge >= 0.3 is 6.36 Å². The number of halogens is 3. The molecule has 0 unspecified atom stereocenters. The normalized spacial score (nSPS) is 22.7. The zero-order valence-electron chi connectivity index (χ0n) is 25.3. The molecule has 0 bridgehead atoms. The minimum atomic E-state index is -4.72. The number of aryl methyl sites for hydroxylation is 1. The lowest BCUT2D eigenvalue weighted by molar-refractivity contribution is -0.274. The van der Waals surface area contributed by atoms with Crippen LogP contribution in [0.25, 0.3) is 16.9 Å². The van der Waals surface area contributed by atoms with E-state index in [0.717, 1.165) is 67.3 Å². The quantitative estimate of drug-likeness (QED) is 0.261. The summed E-state index contributed by atoms with van der Waals surface area (Å²) < 4.78 is 52.5. The highest BCUT2D eigenvalue weighted by Crippen LogP contribution is 2.38. The van der Waals surface area contributed by atoms with Crippen molar-refractivity contribution in [3.05, 3.63) is 42.0 Å². The lowest BCUT2D eigenvalue weighted by Crippen LogP contribution is -2.59. The topological polar surface area (TPSA) is 85.8 Å². The Kier molecular flexibility index (Phi) is 7.97. The molecule has 0 radical (unpaired) electrons. The molecule has 4 aromatic rings. The predicted molar refractivity (Wildman–Crippen MR) is 156 cm³/mol. The molecule has 2 aliphatic heterocycles. The second-order valence-corrected chi connectivity index (χ2v) is 12.1. The highest BCUT2D eigenvalue weighted by Gasteiger charge is 2.39. The largest absolute Gasteiger partial charge is 0.573 e. The summed E-state index contributed by atoms with van der Waals surface area (Å²) in [6, 6.07) is 6.60. The zero-order valence-corrected chi connectivity index (χ0v) is 25.3. The maximum atomic E-state index is 12.8. The van der Waals surface area contributed by atoms with Crippen LogP contribution < -0.4 is 9.64 Å². The summed E-state index contributed by atoms with van der Waals surface area (Å²) in [7, 11) is 0. The molecule has 43 heavy (non-hydrogen) atoms. The Hall–Kier alpha value is -3.45. The summed E-state index contributed by atoms with van der Waals surface area (Å²) in [5.74, 6) is 2.24. The molecule has 0 aliphatic carbocycles. The summed E-state index contributed by atoms with van der Waals surface area (Å²) in [5.41, 5.74) is 2.71. The molecule has 10 nitrogen and oxygen atoms in total. The molecule has 0 spiro atoms. The fourth-order valence-electron chi connectivity index (χ4n) is 6.85. The second-order valence-electron chi connectivity index (χ2n) is 12.1. The number of ether oxygens (including phenoxy) is 2. The molecule has 4 atom stereocenters. The first-order valence-electron chi connectivity index (χ1n) is 15.1. The number of hydrogen-bond donors (Lipinski definition) is 0. The van der Waals surface area contributed by atoms with E-state index in [9.17, 15) is 13.2 Å². The van der Waals surface area contributed by atoms with E-state index < -0.39 is 6.36 Å². The summed E-state index contributed by atoms with van der Waals surface area (Å²) in [4.78, 5) is 14.8. The van der Waals surface area contributed by atoms with Crippen LogP contribution >= 0.6 is 0 Å². The first-order valence-corrected chi connectivity index (χ1v) is 15.1. The minimum Gasteiger partial charge on any atom is -0.406 e. The van der Waals surface area contributed by atoms with Crippen LogP contribution in [0, 0.1) is 12.8 Å². The van der Waals surface area contributed by atoms with Crippen molar-refractivity contribution in [2.75, 3.05) is 24.6 Å². The van der Waals surface area contributed by atoms with E-state index in [0.29, 0.717) is 12.3 Å². The first kappa shape index (κ1) is 29.6. The van der Waals surface area contributed by atoms with Crippen molar-refractivity contribution in [1.29, 1.82) is 0 Å². The van der Waals surface area contributed by atoms with E-state index in [1.54, 1.807) is 18.5 Å². The van der Waals surface area contributed by atoms with Gasteiger partial charge in [-0.25, -0.2) is 9.38 Å². The second kappa shape index (κ2) is 11.6. The average molecular weight is 601 g/mol. The summed E-state index contributed by atoms with van der Waals surface area (Å²) in [5, 5.41) is 8.48.